The van der Waals surface area contributed by atoms with Crippen molar-refractivity contribution in [2.75, 3.05) is 19.8 Å². The Kier molecular flexibility index (Phi) is 9.98. The lowest BCUT2D eigenvalue weighted by Gasteiger charge is -2.23. The van der Waals surface area contributed by atoms with E-state index in [1.54, 1.807) is 20.8 Å². The number of carbonyl (C=O) groups excluding carboxylic acids is 3. The van der Waals surface area contributed by atoms with Crippen LogP contribution in [0.5, 0.6) is 0 Å². The van der Waals surface area contributed by atoms with E-state index in [2.05, 4.69) is 13.2 Å². The molecule has 6 heteroatoms. The standard InChI is InChI=1S/C19H30O6/c1-8-19(6,7)18(22)24-12-15(25-17(21)14(4)5)11-23-10-9-16(20)13(2)3/h15H,2,4,8-12H2,1,3,5-7H3. The summed E-state index contributed by atoms with van der Waals surface area (Å²) in [6, 6.07) is 0. The average Bonchev–Trinajstić information content (AvgIpc) is 2.54. The monoisotopic (exact) mass is 354 g/mol. The second-order valence-electron chi connectivity index (χ2n) is 6.67. The van der Waals surface area contributed by atoms with Crippen LogP contribution in [0, 0.1) is 5.41 Å². The SMILES string of the molecule is C=C(C)C(=O)CCOCC(COC(=O)C(C)(C)CC)OC(=O)C(=C)C. The molecule has 142 valence electrons. The van der Waals surface area contributed by atoms with Crippen LogP contribution in [0.15, 0.2) is 24.3 Å². The summed E-state index contributed by atoms with van der Waals surface area (Å²) in [5, 5.41) is 0. The Hall–Kier alpha value is -1.95. The van der Waals surface area contributed by atoms with Crippen molar-refractivity contribution in [3.05, 3.63) is 24.3 Å². The number of ether oxygens (including phenoxy) is 3. The Bertz CT molecular complexity index is 518. The van der Waals surface area contributed by atoms with Crippen LogP contribution in [0.1, 0.15) is 47.5 Å². The molecule has 0 radical (unpaired) electrons. The number of carbonyl (C=O) groups is 3. The number of hydrogen-bond acceptors (Lipinski definition) is 6. The third-order valence-electron chi connectivity index (χ3n) is 3.71. The van der Waals surface area contributed by atoms with Gasteiger partial charge in [-0.1, -0.05) is 20.1 Å². The third-order valence-corrected chi connectivity index (χ3v) is 3.71. The van der Waals surface area contributed by atoms with Crippen LogP contribution in [-0.2, 0) is 28.6 Å². The third kappa shape index (κ3) is 9.19. The Balaban J connectivity index is 4.58. The van der Waals surface area contributed by atoms with Gasteiger partial charge in [0.1, 0.15) is 6.61 Å². The molecule has 0 heterocycles. The molecule has 0 saturated carbocycles. The van der Waals surface area contributed by atoms with Gasteiger partial charge in [0.25, 0.3) is 0 Å². The summed E-state index contributed by atoms with van der Waals surface area (Å²) in [7, 11) is 0. The van der Waals surface area contributed by atoms with Crippen LogP contribution < -0.4 is 0 Å². The highest BCUT2D eigenvalue weighted by atomic mass is 16.6. The van der Waals surface area contributed by atoms with E-state index in [9.17, 15) is 14.4 Å². The Morgan fingerprint density at radius 3 is 2.12 bits per heavy atom. The minimum absolute atomic E-state index is 0.0162. The first-order valence-electron chi connectivity index (χ1n) is 8.31. The summed E-state index contributed by atoms with van der Waals surface area (Å²) in [6.07, 6.45) is 0.0569. The lowest BCUT2D eigenvalue weighted by atomic mass is 9.91. The average molecular weight is 354 g/mol. The summed E-state index contributed by atoms with van der Waals surface area (Å²) in [5.74, 6) is -1.05. The molecular formula is C19H30O6. The number of ketones is 1. The molecule has 0 spiro atoms. The molecule has 0 aliphatic heterocycles. The molecular weight excluding hydrogens is 324 g/mol. The van der Waals surface area contributed by atoms with Crippen LogP contribution in [0.4, 0.5) is 0 Å². The first-order chi connectivity index (χ1) is 11.5. The normalized spacial score (nSPS) is 12.2. The van der Waals surface area contributed by atoms with Crippen molar-refractivity contribution in [3.8, 4) is 0 Å². The smallest absolute Gasteiger partial charge is 0.333 e. The molecule has 6 nitrogen and oxygen atoms in total. The van der Waals surface area contributed by atoms with Gasteiger partial charge in [-0.2, -0.15) is 0 Å². The van der Waals surface area contributed by atoms with Crippen molar-refractivity contribution in [2.24, 2.45) is 5.41 Å². The van der Waals surface area contributed by atoms with Gasteiger partial charge in [0.05, 0.1) is 18.6 Å². The number of esters is 2. The second-order valence-corrected chi connectivity index (χ2v) is 6.67. The molecule has 0 aromatic rings. The second kappa shape index (κ2) is 10.8. The van der Waals surface area contributed by atoms with Gasteiger partial charge in [-0.05, 0) is 39.7 Å². The maximum Gasteiger partial charge on any atom is 0.333 e. The van der Waals surface area contributed by atoms with Crippen LogP contribution in [0.2, 0.25) is 0 Å². The molecule has 0 aromatic heterocycles. The molecule has 0 rings (SSSR count). The molecule has 0 saturated heterocycles. The van der Waals surface area contributed by atoms with Crippen LogP contribution in [0.3, 0.4) is 0 Å². The van der Waals surface area contributed by atoms with E-state index in [-0.39, 0.29) is 43.6 Å². The molecule has 1 unspecified atom stereocenters. The minimum Gasteiger partial charge on any atom is -0.461 e. The summed E-state index contributed by atoms with van der Waals surface area (Å²) < 4.78 is 15.9. The van der Waals surface area contributed by atoms with Gasteiger partial charge in [-0.3, -0.25) is 9.59 Å². The van der Waals surface area contributed by atoms with E-state index in [1.807, 2.05) is 6.92 Å². The highest BCUT2D eigenvalue weighted by Crippen LogP contribution is 2.21. The number of allylic oxidation sites excluding steroid dienone is 1. The topological polar surface area (TPSA) is 78.9 Å². The zero-order chi connectivity index (χ0) is 19.6. The highest BCUT2D eigenvalue weighted by molar-refractivity contribution is 5.94. The summed E-state index contributed by atoms with van der Waals surface area (Å²) in [6.45, 7) is 15.8. The molecule has 0 aromatic carbocycles. The van der Waals surface area contributed by atoms with E-state index in [0.29, 0.717) is 12.0 Å². The van der Waals surface area contributed by atoms with Crippen molar-refractivity contribution >= 4 is 17.7 Å². The van der Waals surface area contributed by atoms with Gasteiger partial charge in [0, 0.05) is 12.0 Å². The quantitative estimate of drug-likeness (QED) is 0.304. The number of hydrogen-bond donors (Lipinski definition) is 0. The minimum atomic E-state index is -0.763. The summed E-state index contributed by atoms with van der Waals surface area (Å²) >= 11 is 0. The zero-order valence-electron chi connectivity index (χ0n) is 16.0. The van der Waals surface area contributed by atoms with Crippen molar-refractivity contribution in [1.29, 1.82) is 0 Å². The molecule has 0 aliphatic carbocycles. The highest BCUT2D eigenvalue weighted by Gasteiger charge is 2.28. The Morgan fingerprint density at radius 1 is 1.04 bits per heavy atom. The van der Waals surface area contributed by atoms with E-state index < -0.39 is 17.5 Å². The molecule has 0 aliphatic rings. The molecule has 25 heavy (non-hydrogen) atoms. The largest absolute Gasteiger partial charge is 0.461 e. The predicted octanol–water partition coefficient (Wildman–Crippen LogP) is 3.01. The van der Waals surface area contributed by atoms with Gasteiger partial charge < -0.3 is 14.2 Å². The van der Waals surface area contributed by atoms with Gasteiger partial charge in [0.2, 0.25) is 0 Å². The fourth-order valence-electron chi connectivity index (χ4n) is 1.47. The maximum absolute atomic E-state index is 12.0. The van der Waals surface area contributed by atoms with Crippen LogP contribution >= 0.6 is 0 Å². The Morgan fingerprint density at radius 2 is 1.64 bits per heavy atom. The van der Waals surface area contributed by atoms with Crippen molar-refractivity contribution in [1.82, 2.24) is 0 Å². The van der Waals surface area contributed by atoms with Crippen LogP contribution in [0.25, 0.3) is 0 Å². The fourth-order valence-corrected chi connectivity index (χ4v) is 1.47. The van der Waals surface area contributed by atoms with Gasteiger partial charge in [-0.15, -0.1) is 0 Å². The molecule has 0 fully saturated rings. The number of rotatable bonds is 12. The zero-order valence-corrected chi connectivity index (χ0v) is 16.0. The lowest BCUT2D eigenvalue weighted by Crippen LogP contribution is -2.33. The Labute approximate surface area is 150 Å². The van der Waals surface area contributed by atoms with E-state index in [0.717, 1.165) is 0 Å². The molecule has 1 atom stereocenters. The van der Waals surface area contributed by atoms with Crippen molar-refractivity contribution in [3.63, 3.8) is 0 Å². The first kappa shape index (κ1) is 23.1. The van der Waals surface area contributed by atoms with E-state index in [1.165, 1.54) is 6.92 Å². The van der Waals surface area contributed by atoms with Gasteiger partial charge in [-0.25, -0.2) is 4.79 Å². The number of Topliss-reactive ketones (excluding diaryl/α,β-unsaturated/α-hetero) is 1. The van der Waals surface area contributed by atoms with E-state index in [4.69, 9.17) is 14.2 Å². The maximum atomic E-state index is 12.0. The molecule has 0 amide bonds. The first-order valence-corrected chi connectivity index (χ1v) is 8.31. The predicted molar refractivity (Wildman–Crippen MR) is 95.0 cm³/mol. The van der Waals surface area contributed by atoms with E-state index >= 15 is 0 Å². The van der Waals surface area contributed by atoms with Crippen molar-refractivity contribution in [2.45, 2.75) is 53.6 Å². The van der Waals surface area contributed by atoms with Crippen LogP contribution in [-0.4, -0.2) is 43.6 Å². The fraction of sp³-hybridized carbons (Fsp3) is 0.632. The summed E-state index contributed by atoms with van der Waals surface area (Å²) in [5.41, 5.74) is 0.0878. The van der Waals surface area contributed by atoms with Crippen molar-refractivity contribution < 1.29 is 28.6 Å². The van der Waals surface area contributed by atoms with Gasteiger partial charge in [0.15, 0.2) is 11.9 Å². The molecule has 0 bridgehead atoms. The van der Waals surface area contributed by atoms with Gasteiger partial charge >= 0.3 is 11.9 Å². The lowest BCUT2D eigenvalue weighted by molar-refractivity contribution is -0.165. The summed E-state index contributed by atoms with van der Waals surface area (Å²) in [4.78, 5) is 35.2. The molecule has 0 N–H and O–H groups in total.